The van der Waals surface area contributed by atoms with Crippen molar-refractivity contribution in [3.05, 3.63) is 35.9 Å². The number of carbonyl (C=O) groups excluding carboxylic acids is 1. The molecule has 6 heteroatoms. The van der Waals surface area contributed by atoms with Gasteiger partial charge in [-0.3, -0.25) is 4.79 Å². The maximum Gasteiger partial charge on any atom is 0.233 e. The zero-order valence-corrected chi connectivity index (χ0v) is 12.9. The Kier molecular flexibility index (Phi) is 5.10. The molecule has 1 amide bonds. The van der Waals surface area contributed by atoms with Gasteiger partial charge in [-0.25, -0.2) is 8.42 Å². The van der Waals surface area contributed by atoms with Crippen LogP contribution in [0.25, 0.3) is 0 Å². The quantitative estimate of drug-likeness (QED) is 0.800. The van der Waals surface area contributed by atoms with Crippen LogP contribution in [0.4, 0.5) is 0 Å². The Labute approximate surface area is 125 Å². The summed E-state index contributed by atoms with van der Waals surface area (Å²) >= 11 is 4.32. The van der Waals surface area contributed by atoms with Crippen molar-refractivity contribution in [2.24, 2.45) is 5.92 Å². The summed E-state index contributed by atoms with van der Waals surface area (Å²) in [5.41, 5.74) is 1.06. The maximum atomic E-state index is 11.9. The van der Waals surface area contributed by atoms with Gasteiger partial charge in [0.1, 0.15) is 0 Å². The van der Waals surface area contributed by atoms with Gasteiger partial charge in [-0.05, 0) is 24.3 Å². The molecule has 1 aliphatic rings. The zero-order valence-electron chi connectivity index (χ0n) is 11.2. The molecule has 2 rings (SSSR count). The summed E-state index contributed by atoms with van der Waals surface area (Å²) in [5, 5.41) is 2.40. The Bertz CT molecular complexity index is 557. The number of hydrogen-bond acceptors (Lipinski definition) is 4. The normalized spacial score (nSPS) is 22.4. The topological polar surface area (TPSA) is 63.2 Å². The van der Waals surface area contributed by atoms with E-state index in [9.17, 15) is 13.2 Å². The van der Waals surface area contributed by atoms with E-state index in [0.29, 0.717) is 19.4 Å². The molecule has 2 unspecified atom stereocenters. The van der Waals surface area contributed by atoms with Gasteiger partial charge in [0.25, 0.3) is 0 Å². The highest BCUT2D eigenvalue weighted by Gasteiger charge is 2.28. The minimum absolute atomic E-state index is 0.0428. The molecule has 0 radical (unpaired) electrons. The van der Waals surface area contributed by atoms with E-state index in [0.717, 1.165) is 5.56 Å². The first-order valence-electron chi connectivity index (χ1n) is 6.66. The molecule has 0 aromatic heterocycles. The summed E-state index contributed by atoms with van der Waals surface area (Å²) in [4.78, 5) is 11.9. The van der Waals surface area contributed by atoms with Crippen molar-refractivity contribution in [2.45, 2.75) is 18.1 Å². The predicted molar refractivity (Wildman–Crippen MR) is 82.7 cm³/mol. The van der Waals surface area contributed by atoms with E-state index in [2.05, 4.69) is 17.9 Å². The summed E-state index contributed by atoms with van der Waals surface area (Å²) in [7, 11) is -2.88. The third kappa shape index (κ3) is 4.52. The van der Waals surface area contributed by atoms with Gasteiger partial charge in [0, 0.05) is 6.54 Å². The van der Waals surface area contributed by atoms with Gasteiger partial charge in [-0.15, -0.1) is 0 Å². The fourth-order valence-electron chi connectivity index (χ4n) is 2.33. The third-order valence-corrected chi connectivity index (χ3v) is 5.72. The highest BCUT2D eigenvalue weighted by atomic mass is 32.2. The van der Waals surface area contributed by atoms with Crippen LogP contribution in [0.15, 0.2) is 30.3 Å². The number of benzene rings is 1. The van der Waals surface area contributed by atoms with Crippen molar-refractivity contribution >= 4 is 28.4 Å². The number of carbonyl (C=O) groups is 1. The lowest BCUT2D eigenvalue weighted by molar-refractivity contribution is -0.120. The molecule has 1 N–H and O–H groups in total. The fourth-order valence-corrected chi connectivity index (χ4v) is 4.49. The Balaban J connectivity index is 1.77. The number of hydrogen-bond donors (Lipinski definition) is 2. The minimum atomic E-state index is -2.88. The lowest BCUT2D eigenvalue weighted by atomic mass is 10.1. The average molecular weight is 313 g/mol. The van der Waals surface area contributed by atoms with Crippen LogP contribution in [-0.2, 0) is 21.1 Å². The van der Waals surface area contributed by atoms with Crippen molar-refractivity contribution < 1.29 is 13.2 Å². The van der Waals surface area contributed by atoms with Gasteiger partial charge in [-0.1, -0.05) is 30.3 Å². The summed E-state index contributed by atoms with van der Waals surface area (Å²) in [6.45, 7) is 0.421. The van der Waals surface area contributed by atoms with E-state index in [4.69, 9.17) is 0 Å². The summed E-state index contributed by atoms with van der Waals surface area (Å²) in [5.74, 6) is 0.327. The molecule has 0 aliphatic carbocycles. The Hall–Kier alpha value is -1.01. The van der Waals surface area contributed by atoms with Gasteiger partial charge in [0.2, 0.25) is 5.91 Å². The third-order valence-electron chi connectivity index (χ3n) is 3.47. The molecule has 1 aromatic carbocycles. The smallest absolute Gasteiger partial charge is 0.233 e. The van der Waals surface area contributed by atoms with Gasteiger partial charge < -0.3 is 5.32 Å². The van der Waals surface area contributed by atoms with Crippen molar-refractivity contribution in [3.8, 4) is 0 Å². The molecule has 1 aromatic rings. The molecular formula is C14H19NO3S2. The van der Waals surface area contributed by atoms with E-state index in [-0.39, 0.29) is 23.3 Å². The summed E-state index contributed by atoms with van der Waals surface area (Å²) in [6.07, 6.45) is 1.21. The lowest BCUT2D eigenvalue weighted by Crippen LogP contribution is -2.36. The molecule has 1 saturated heterocycles. The highest BCUT2D eigenvalue weighted by Crippen LogP contribution is 2.17. The number of rotatable bonds is 5. The van der Waals surface area contributed by atoms with E-state index >= 15 is 0 Å². The van der Waals surface area contributed by atoms with Crippen LogP contribution < -0.4 is 5.32 Å². The van der Waals surface area contributed by atoms with Crippen LogP contribution in [0.1, 0.15) is 12.0 Å². The van der Waals surface area contributed by atoms with Crippen molar-refractivity contribution in [1.82, 2.24) is 5.32 Å². The van der Waals surface area contributed by atoms with E-state index in [1.54, 1.807) is 0 Å². The minimum Gasteiger partial charge on any atom is -0.355 e. The van der Waals surface area contributed by atoms with Crippen LogP contribution in [0.5, 0.6) is 0 Å². The first-order valence-corrected chi connectivity index (χ1v) is 9.00. The molecule has 1 fully saturated rings. The second-order valence-electron chi connectivity index (χ2n) is 5.22. The molecular weight excluding hydrogens is 294 g/mol. The van der Waals surface area contributed by atoms with E-state index < -0.39 is 15.1 Å². The zero-order chi connectivity index (χ0) is 14.6. The van der Waals surface area contributed by atoms with Crippen LogP contribution in [-0.4, -0.2) is 37.6 Å². The Morgan fingerprint density at radius 1 is 1.35 bits per heavy atom. The first-order chi connectivity index (χ1) is 9.46. The molecule has 0 spiro atoms. The van der Waals surface area contributed by atoms with E-state index in [1.165, 1.54) is 0 Å². The molecule has 0 bridgehead atoms. The van der Waals surface area contributed by atoms with Crippen molar-refractivity contribution in [2.75, 3.05) is 18.1 Å². The largest absolute Gasteiger partial charge is 0.355 e. The van der Waals surface area contributed by atoms with Crippen LogP contribution >= 0.6 is 12.6 Å². The average Bonchev–Trinajstić information content (AvgIpc) is 2.76. The van der Waals surface area contributed by atoms with Crippen LogP contribution in [0, 0.1) is 5.92 Å². The van der Waals surface area contributed by atoms with Gasteiger partial charge in [-0.2, -0.15) is 12.6 Å². The molecule has 0 saturated carbocycles. The van der Waals surface area contributed by atoms with Gasteiger partial charge in [0.15, 0.2) is 9.84 Å². The molecule has 110 valence electrons. The van der Waals surface area contributed by atoms with E-state index in [1.807, 2.05) is 30.3 Å². The molecule has 4 nitrogen and oxygen atoms in total. The summed E-state index contributed by atoms with van der Waals surface area (Å²) in [6, 6.07) is 9.70. The SMILES string of the molecule is O=C(NCC1CCS(=O)(=O)C1)C(S)Cc1ccccc1. The molecule has 1 heterocycles. The van der Waals surface area contributed by atoms with Gasteiger partial charge in [0.05, 0.1) is 16.8 Å². The maximum absolute atomic E-state index is 11.9. The second kappa shape index (κ2) is 6.63. The number of nitrogens with one attached hydrogen (secondary N) is 1. The lowest BCUT2D eigenvalue weighted by Gasteiger charge is -2.14. The first kappa shape index (κ1) is 15.4. The van der Waals surface area contributed by atoms with Crippen LogP contribution in [0.3, 0.4) is 0 Å². The Morgan fingerprint density at radius 2 is 2.05 bits per heavy atom. The van der Waals surface area contributed by atoms with Gasteiger partial charge >= 0.3 is 0 Å². The van der Waals surface area contributed by atoms with Crippen molar-refractivity contribution in [3.63, 3.8) is 0 Å². The van der Waals surface area contributed by atoms with Crippen LogP contribution in [0.2, 0.25) is 0 Å². The molecule has 2 atom stereocenters. The highest BCUT2D eigenvalue weighted by molar-refractivity contribution is 7.91. The standard InChI is InChI=1S/C14H19NO3S2/c16-14(13(19)8-11-4-2-1-3-5-11)15-9-12-6-7-20(17,18)10-12/h1-5,12-13,19H,6-10H2,(H,15,16). The number of sulfone groups is 1. The van der Waals surface area contributed by atoms with Crippen molar-refractivity contribution in [1.29, 1.82) is 0 Å². The molecule has 1 aliphatic heterocycles. The monoisotopic (exact) mass is 313 g/mol. The number of amides is 1. The summed E-state index contributed by atoms with van der Waals surface area (Å²) < 4.78 is 22.7. The fraction of sp³-hybridized carbons (Fsp3) is 0.500. The second-order valence-corrected chi connectivity index (χ2v) is 8.07. The Morgan fingerprint density at radius 3 is 2.65 bits per heavy atom. The number of thiol groups is 1. The molecule has 20 heavy (non-hydrogen) atoms. The predicted octanol–water partition coefficient (Wildman–Crippen LogP) is 1.08.